The van der Waals surface area contributed by atoms with Gasteiger partial charge in [-0.3, -0.25) is 9.69 Å². The number of aromatic nitrogens is 1. The molecule has 140 valence electrons. The molecule has 0 fully saturated rings. The Bertz CT molecular complexity index is 822. The van der Waals surface area contributed by atoms with Gasteiger partial charge in [0.1, 0.15) is 5.76 Å². The van der Waals surface area contributed by atoms with Crippen molar-refractivity contribution in [1.29, 1.82) is 0 Å². The number of rotatable bonds is 7. The molecular weight excluding hydrogens is 338 g/mol. The minimum absolute atomic E-state index is 0.0320. The van der Waals surface area contributed by atoms with Crippen molar-refractivity contribution in [2.45, 2.75) is 32.5 Å². The summed E-state index contributed by atoms with van der Waals surface area (Å²) in [6.07, 6.45) is 0. The summed E-state index contributed by atoms with van der Waals surface area (Å²) in [5, 5.41) is 7.20. The number of carbonyl (C=O) groups excluding carboxylic acids is 1. The first kappa shape index (κ1) is 18.9. The van der Waals surface area contributed by atoms with E-state index in [0.29, 0.717) is 6.54 Å². The summed E-state index contributed by atoms with van der Waals surface area (Å²) in [6, 6.07) is 21.4. The maximum Gasteiger partial charge on any atom is 0.237 e. The Morgan fingerprint density at radius 2 is 1.63 bits per heavy atom. The van der Waals surface area contributed by atoms with Crippen molar-refractivity contribution in [2.75, 3.05) is 7.05 Å². The molecule has 0 aliphatic heterocycles. The number of likely N-dealkylation sites (N-methyl/N-ethyl adjacent to an activating group) is 1. The molecular formula is C22H25N3O2. The van der Waals surface area contributed by atoms with Crippen LogP contribution in [0.4, 0.5) is 0 Å². The number of carbonyl (C=O) groups is 1. The zero-order chi connectivity index (χ0) is 19.2. The van der Waals surface area contributed by atoms with Gasteiger partial charge in [0.2, 0.25) is 5.91 Å². The van der Waals surface area contributed by atoms with Gasteiger partial charge in [0.05, 0.1) is 17.8 Å². The molecule has 1 heterocycles. The van der Waals surface area contributed by atoms with Crippen LogP contribution >= 0.6 is 0 Å². The van der Waals surface area contributed by atoms with E-state index in [2.05, 4.69) is 10.5 Å². The summed E-state index contributed by atoms with van der Waals surface area (Å²) in [7, 11) is 1.91. The van der Waals surface area contributed by atoms with Crippen LogP contribution in [0.1, 0.15) is 35.5 Å². The molecule has 1 N–H and O–H groups in total. The highest BCUT2D eigenvalue weighted by molar-refractivity contribution is 5.82. The molecule has 0 saturated carbocycles. The Morgan fingerprint density at radius 3 is 2.11 bits per heavy atom. The number of aryl methyl sites for hydroxylation is 1. The van der Waals surface area contributed by atoms with Crippen LogP contribution in [0.25, 0.3) is 0 Å². The highest BCUT2D eigenvalue weighted by atomic mass is 16.5. The Hall–Kier alpha value is -2.92. The Balaban J connectivity index is 1.73. The summed E-state index contributed by atoms with van der Waals surface area (Å²) < 4.78 is 5.11. The van der Waals surface area contributed by atoms with E-state index in [9.17, 15) is 4.79 Å². The summed E-state index contributed by atoms with van der Waals surface area (Å²) in [5.74, 6) is 0.735. The van der Waals surface area contributed by atoms with Crippen molar-refractivity contribution in [3.05, 3.63) is 89.3 Å². The number of benzene rings is 2. The van der Waals surface area contributed by atoms with Crippen LogP contribution in [0.2, 0.25) is 0 Å². The molecule has 2 aromatic carbocycles. The molecule has 3 rings (SSSR count). The second-order valence-electron chi connectivity index (χ2n) is 6.78. The number of nitrogens with one attached hydrogen (secondary N) is 1. The summed E-state index contributed by atoms with van der Waals surface area (Å²) in [6.45, 7) is 4.31. The zero-order valence-corrected chi connectivity index (χ0v) is 15.9. The molecule has 5 nitrogen and oxygen atoms in total. The minimum Gasteiger partial charge on any atom is -0.361 e. The molecule has 0 saturated heterocycles. The van der Waals surface area contributed by atoms with E-state index in [0.717, 1.165) is 22.6 Å². The normalized spacial score (nSPS) is 12.3. The minimum atomic E-state index is -0.308. The lowest BCUT2D eigenvalue weighted by molar-refractivity contribution is -0.126. The Morgan fingerprint density at radius 1 is 1.07 bits per heavy atom. The zero-order valence-electron chi connectivity index (χ0n) is 15.9. The third kappa shape index (κ3) is 4.83. The van der Waals surface area contributed by atoms with E-state index >= 15 is 0 Å². The molecule has 1 amide bonds. The molecule has 1 unspecified atom stereocenters. The SMILES string of the molecule is Cc1cc(CN(C)C(C)C(=O)NC(c2ccccc2)c2ccccc2)no1. The molecule has 1 aromatic heterocycles. The average molecular weight is 363 g/mol. The molecule has 0 radical (unpaired) electrons. The van der Waals surface area contributed by atoms with Crippen molar-refractivity contribution in [3.63, 3.8) is 0 Å². The number of amides is 1. The third-order valence-corrected chi connectivity index (χ3v) is 4.68. The van der Waals surface area contributed by atoms with Gasteiger partial charge < -0.3 is 9.84 Å². The van der Waals surface area contributed by atoms with E-state index in [4.69, 9.17) is 4.52 Å². The summed E-state index contributed by atoms with van der Waals surface area (Å²) in [5.41, 5.74) is 2.93. The van der Waals surface area contributed by atoms with Gasteiger partial charge >= 0.3 is 0 Å². The van der Waals surface area contributed by atoms with Gasteiger partial charge in [-0.1, -0.05) is 65.8 Å². The lowest BCUT2D eigenvalue weighted by Crippen LogP contribution is -2.44. The maximum atomic E-state index is 12.9. The highest BCUT2D eigenvalue weighted by Gasteiger charge is 2.23. The fourth-order valence-corrected chi connectivity index (χ4v) is 3.00. The first-order chi connectivity index (χ1) is 13.0. The lowest BCUT2D eigenvalue weighted by atomic mass is 9.98. The largest absolute Gasteiger partial charge is 0.361 e. The first-order valence-electron chi connectivity index (χ1n) is 9.07. The Kier molecular flexibility index (Phi) is 6.04. The fourth-order valence-electron chi connectivity index (χ4n) is 3.00. The van der Waals surface area contributed by atoms with Crippen LogP contribution in [0, 0.1) is 6.92 Å². The van der Waals surface area contributed by atoms with Gasteiger partial charge in [0.25, 0.3) is 0 Å². The van der Waals surface area contributed by atoms with Gasteiger partial charge in [-0.05, 0) is 32.0 Å². The van der Waals surface area contributed by atoms with Crippen LogP contribution in [-0.4, -0.2) is 29.1 Å². The molecule has 0 aliphatic carbocycles. The van der Waals surface area contributed by atoms with Gasteiger partial charge in [0, 0.05) is 12.6 Å². The summed E-state index contributed by atoms with van der Waals surface area (Å²) >= 11 is 0. The van der Waals surface area contributed by atoms with Crippen molar-refractivity contribution in [2.24, 2.45) is 0 Å². The van der Waals surface area contributed by atoms with Gasteiger partial charge in [-0.15, -0.1) is 0 Å². The van der Waals surface area contributed by atoms with E-state index in [1.807, 2.05) is 92.5 Å². The molecule has 27 heavy (non-hydrogen) atoms. The predicted molar refractivity (Wildman–Crippen MR) is 105 cm³/mol. The summed E-state index contributed by atoms with van der Waals surface area (Å²) in [4.78, 5) is 14.9. The Labute approximate surface area is 160 Å². The smallest absolute Gasteiger partial charge is 0.237 e. The highest BCUT2D eigenvalue weighted by Crippen LogP contribution is 2.22. The molecule has 0 aliphatic rings. The standard InChI is InChI=1S/C22H25N3O2/c1-16-14-20(24-27-16)15-25(3)17(2)22(26)23-21(18-10-6-4-7-11-18)19-12-8-5-9-13-19/h4-14,17,21H,15H2,1-3H3,(H,23,26). The van der Waals surface area contributed by atoms with Crippen LogP contribution < -0.4 is 5.32 Å². The average Bonchev–Trinajstić information content (AvgIpc) is 3.11. The number of hydrogen-bond acceptors (Lipinski definition) is 4. The van der Waals surface area contributed by atoms with E-state index in [1.54, 1.807) is 0 Å². The van der Waals surface area contributed by atoms with Crippen molar-refractivity contribution >= 4 is 5.91 Å². The van der Waals surface area contributed by atoms with Gasteiger partial charge in [-0.2, -0.15) is 0 Å². The quantitative estimate of drug-likeness (QED) is 0.695. The van der Waals surface area contributed by atoms with E-state index in [1.165, 1.54) is 0 Å². The van der Waals surface area contributed by atoms with Crippen LogP contribution in [0.3, 0.4) is 0 Å². The molecule has 0 bridgehead atoms. The van der Waals surface area contributed by atoms with Crippen molar-refractivity contribution in [3.8, 4) is 0 Å². The van der Waals surface area contributed by atoms with Crippen molar-refractivity contribution in [1.82, 2.24) is 15.4 Å². The van der Waals surface area contributed by atoms with Crippen LogP contribution in [-0.2, 0) is 11.3 Å². The molecule has 5 heteroatoms. The maximum absolute atomic E-state index is 12.9. The molecule has 1 atom stereocenters. The lowest BCUT2D eigenvalue weighted by Gasteiger charge is -2.26. The van der Waals surface area contributed by atoms with Crippen molar-refractivity contribution < 1.29 is 9.32 Å². The van der Waals surface area contributed by atoms with E-state index in [-0.39, 0.29) is 18.0 Å². The monoisotopic (exact) mass is 363 g/mol. The second-order valence-corrected chi connectivity index (χ2v) is 6.78. The topological polar surface area (TPSA) is 58.4 Å². The van der Waals surface area contributed by atoms with Crippen LogP contribution in [0.15, 0.2) is 71.3 Å². The third-order valence-electron chi connectivity index (χ3n) is 4.68. The van der Waals surface area contributed by atoms with Crippen LogP contribution in [0.5, 0.6) is 0 Å². The molecule has 0 spiro atoms. The predicted octanol–water partition coefficient (Wildman–Crippen LogP) is 3.71. The first-order valence-corrected chi connectivity index (χ1v) is 9.07. The number of hydrogen-bond donors (Lipinski definition) is 1. The van der Waals surface area contributed by atoms with Gasteiger partial charge in [0.15, 0.2) is 0 Å². The van der Waals surface area contributed by atoms with E-state index < -0.39 is 0 Å². The second kappa shape index (κ2) is 8.64. The van der Waals surface area contributed by atoms with Gasteiger partial charge in [-0.25, -0.2) is 0 Å². The fraction of sp³-hybridized carbons (Fsp3) is 0.273. The number of nitrogens with zero attached hydrogens (tertiary/aromatic N) is 2. The molecule has 3 aromatic rings.